The Kier molecular flexibility index (Phi) is 5.34. The van der Waals surface area contributed by atoms with Crippen LogP contribution in [0.5, 0.6) is 0 Å². The van der Waals surface area contributed by atoms with Crippen molar-refractivity contribution in [2.45, 2.75) is 31.2 Å². The van der Waals surface area contributed by atoms with Gasteiger partial charge < -0.3 is 10.6 Å². The first-order valence-electron chi connectivity index (χ1n) is 8.66. The molecule has 0 saturated heterocycles. The molecule has 2 N–H and O–H groups in total. The van der Waals surface area contributed by atoms with Gasteiger partial charge in [0.25, 0.3) is 5.91 Å². The Morgan fingerprint density at radius 3 is 2.86 bits per heavy atom. The Morgan fingerprint density at radius 2 is 2.21 bits per heavy atom. The van der Waals surface area contributed by atoms with Crippen LogP contribution in [0.3, 0.4) is 0 Å². The zero-order chi connectivity index (χ0) is 20.6. The molecule has 4 rings (SSSR count). The van der Waals surface area contributed by atoms with Gasteiger partial charge in [-0.1, -0.05) is 12.1 Å². The Labute approximate surface area is 176 Å². The lowest BCUT2D eigenvalue weighted by Crippen LogP contribution is -2.35. The molecule has 3 aromatic rings. The third-order valence-electron chi connectivity index (χ3n) is 4.57. The van der Waals surface area contributed by atoms with Crippen LogP contribution in [0.25, 0.3) is 0 Å². The average Bonchev–Trinajstić information content (AvgIpc) is 3.34. The summed E-state index contributed by atoms with van der Waals surface area (Å²) in [6.07, 6.45) is -1.50. The first-order valence-corrected chi connectivity index (χ1v) is 10.3. The van der Waals surface area contributed by atoms with E-state index < -0.39 is 24.2 Å². The van der Waals surface area contributed by atoms with Crippen LogP contribution in [0.2, 0.25) is 0 Å². The molecule has 6 nitrogen and oxygen atoms in total. The molecule has 0 bridgehead atoms. The number of carbonyl (C=O) groups is 1. The number of anilines is 1. The third kappa shape index (κ3) is 4.01. The second-order valence-electron chi connectivity index (χ2n) is 6.51. The molecule has 3 aromatic heterocycles. The molecule has 1 amide bonds. The van der Waals surface area contributed by atoms with Gasteiger partial charge in [-0.05, 0) is 39.0 Å². The number of nitrogens with one attached hydrogen (secondary N) is 2. The minimum Gasteiger partial charge on any atom is -0.362 e. The molecule has 29 heavy (non-hydrogen) atoms. The van der Waals surface area contributed by atoms with Crippen molar-refractivity contribution in [1.82, 2.24) is 20.1 Å². The van der Waals surface area contributed by atoms with E-state index in [2.05, 4.69) is 36.6 Å². The van der Waals surface area contributed by atoms with Gasteiger partial charge in [-0.2, -0.15) is 18.3 Å². The Balaban J connectivity index is 1.63. The first-order chi connectivity index (χ1) is 13.8. The SMILES string of the molecule is O=C(NCc1cccnc1)c1nn2c(c1Br)NC(c1cccs1)CC2C(F)(F)F. The minimum absolute atomic E-state index is 0.0996. The average molecular weight is 486 g/mol. The summed E-state index contributed by atoms with van der Waals surface area (Å²) in [5, 5.41) is 11.6. The topological polar surface area (TPSA) is 71.8 Å². The monoisotopic (exact) mass is 485 g/mol. The second kappa shape index (κ2) is 7.79. The maximum atomic E-state index is 13.7. The number of fused-ring (bicyclic) bond motifs is 1. The fourth-order valence-electron chi connectivity index (χ4n) is 3.18. The summed E-state index contributed by atoms with van der Waals surface area (Å²) in [5.74, 6) is -0.429. The fraction of sp³-hybridized carbons (Fsp3) is 0.278. The molecule has 0 aliphatic carbocycles. The van der Waals surface area contributed by atoms with Crippen LogP contribution in [0.4, 0.5) is 19.0 Å². The molecule has 2 unspecified atom stereocenters. The molecule has 0 saturated carbocycles. The van der Waals surface area contributed by atoms with Crippen LogP contribution in [0, 0.1) is 0 Å². The van der Waals surface area contributed by atoms with E-state index in [1.807, 2.05) is 5.38 Å². The molecule has 152 valence electrons. The van der Waals surface area contributed by atoms with Crippen molar-refractivity contribution in [3.8, 4) is 0 Å². The summed E-state index contributed by atoms with van der Waals surface area (Å²) in [6, 6.07) is 4.75. The molecule has 1 aliphatic rings. The van der Waals surface area contributed by atoms with Gasteiger partial charge >= 0.3 is 6.18 Å². The molecule has 4 heterocycles. The van der Waals surface area contributed by atoms with Gasteiger partial charge in [0.2, 0.25) is 0 Å². The van der Waals surface area contributed by atoms with E-state index in [1.165, 1.54) is 11.3 Å². The number of hydrogen-bond donors (Lipinski definition) is 2. The number of pyridine rings is 1. The van der Waals surface area contributed by atoms with Crippen LogP contribution >= 0.6 is 27.3 Å². The maximum Gasteiger partial charge on any atom is 0.410 e. The molecule has 0 aromatic carbocycles. The summed E-state index contributed by atoms with van der Waals surface area (Å²) < 4.78 is 42.3. The normalized spacial score (nSPS) is 18.8. The van der Waals surface area contributed by atoms with Gasteiger partial charge in [0, 0.05) is 30.2 Å². The second-order valence-corrected chi connectivity index (χ2v) is 8.28. The molecular formula is C18H15BrF3N5OS. The van der Waals surface area contributed by atoms with E-state index in [1.54, 1.807) is 36.7 Å². The Bertz CT molecular complexity index is 1010. The van der Waals surface area contributed by atoms with Crippen molar-refractivity contribution < 1.29 is 18.0 Å². The zero-order valence-corrected chi connectivity index (χ0v) is 17.2. The summed E-state index contributed by atoms with van der Waals surface area (Å²) >= 11 is 4.65. The number of alkyl halides is 3. The maximum absolute atomic E-state index is 13.7. The van der Waals surface area contributed by atoms with Gasteiger partial charge in [0.15, 0.2) is 11.7 Å². The van der Waals surface area contributed by atoms with Crippen molar-refractivity contribution in [3.63, 3.8) is 0 Å². The predicted molar refractivity (Wildman–Crippen MR) is 106 cm³/mol. The number of hydrogen-bond acceptors (Lipinski definition) is 5. The first kappa shape index (κ1) is 19.9. The van der Waals surface area contributed by atoms with Gasteiger partial charge in [-0.25, -0.2) is 4.68 Å². The zero-order valence-electron chi connectivity index (χ0n) is 14.8. The fourth-order valence-corrected chi connectivity index (χ4v) is 4.53. The van der Waals surface area contributed by atoms with E-state index in [4.69, 9.17) is 0 Å². The standard InChI is InChI=1S/C18H15BrF3N5OS/c19-14-15(17(28)24-9-10-3-1-5-23-8-10)26-27-13(18(20,21)22)7-11(25-16(14)27)12-4-2-6-29-12/h1-6,8,11,13,25H,7,9H2,(H,24,28). The van der Waals surface area contributed by atoms with Crippen molar-refractivity contribution >= 4 is 39.0 Å². The van der Waals surface area contributed by atoms with Crippen LogP contribution in [-0.4, -0.2) is 26.8 Å². The van der Waals surface area contributed by atoms with E-state index in [9.17, 15) is 18.0 Å². The Hall–Kier alpha value is -2.40. The number of thiophene rings is 1. The highest BCUT2D eigenvalue weighted by Gasteiger charge is 2.47. The lowest BCUT2D eigenvalue weighted by molar-refractivity contribution is -0.173. The highest BCUT2D eigenvalue weighted by atomic mass is 79.9. The summed E-state index contributed by atoms with van der Waals surface area (Å²) in [7, 11) is 0. The lowest BCUT2D eigenvalue weighted by Gasteiger charge is -2.33. The largest absolute Gasteiger partial charge is 0.410 e. The number of aromatic nitrogens is 3. The number of amides is 1. The number of halogens is 4. The van der Waals surface area contributed by atoms with Gasteiger partial charge in [0.1, 0.15) is 5.82 Å². The molecule has 1 aliphatic heterocycles. The van der Waals surface area contributed by atoms with Crippen LogP contribution in [0.15, 0.2) is 46.5 Å². The van der Waals surface area contributed by atoms with Gasteiger partial charge in [0.05, 0.1) is 10.5 Å². The van der Waals surface area contributed by atoms with E-state index >= 15 is 0 Å². The number of carbonyl (C=O) groups excluding carboxylic acids is 1. The molecular weight excluding hydrogens is 471 g/mol. The Morgan fingerprint density at radius 1 is 1.38 bits per heavy atom. The number of nitrogens with zero attached hydrogens (tertiary/aromatic N) is 3. The molecule has 0 fully saturated rings. The van der Waals surface area contributed by atoms with Crippen LogP contribution in [0.1, 0.15) is 39.4 Å². The quantitative estimate of drug-likeness (QED) is 0.562. The molecule has 11 heteroatoms. The van der Waals surface area contributed by atoms with Crippen molar-refractivity contribution in [3.05, 3.63) is 62.6 Å². The summed E-state index contributed by atoms with van der Waals surface area (Å²) in [6.45, 7) is 0.190. The van der Waals surface area contributed by atoms with Crippen molar-refractivity contribution in [1.29, 1.82) is 0 Å². The van der Waals surface area contributed by atoms with E-state index in [0.717, 1.165) is 15.1 Å². The van der Waals surface area contributed by atoms with E-state index in [0.29, 0.717) is 0 Å². The van der Waals surface area contributed by atoms with E-state index in [-0.39, 0.29) is 29.0 Å². The molecule has 0 spiro atoms. The van der Waals surface area contributed by atoms with Crippen LogP contribution in [-0.2, 0) is 6.54 Å². The van der Waals surface area contributed by atoms with Crippen molar-refractivity contribution in [2.24, 2.45) is 0 Å². The van der Waals surface area contributed by atoms with Gasteiger partial charge in [-0.3, -0.25) is 9.78 Å². The third-order valence-corrected chi connectivity index (χ3v) is 6.31. The number of rotatable bonds is 4. The van der Waals surface area contributed by atoms with Gasteiger partial charge in [-0.15, -0.1) is 11.3 Å². The summed E-state index contributed by atoms with van der Waals surface area (Å²) in [4.78, 5) is 17.3. The molecule has 0 radical (unpaired) electrons. The smallest absolute Gasteiger partial charge is 0.362 e. The summed E-state index contributed by atoms with van der Waals surface area (Å²) in [5.41, 5.74) is 0.669. The lowest BCUT2D eigenvalue weighted by atomic mass is 10.0. The van der Waals surface area contributed by atoms with Crippen molar-refractivity contribution in [2.75, 3.05) is 5.32 Å². The van der Waals surface area contributed by atoms with Crippen LogP contribution < -0.4 is 10.6 Å². The highest BCUT2D eigenvalue weighted by molar-refractivity contribution is 9.10. The highest BCUT2D eigenvalue weighted by Crippen LogP contribution is 2.46. The predicted octanol–water partition coefficient (Wildman–Crippen LogP) is 4.69. The minimum atomic E-state index is -4.50. The molecule has 2 atom stereocenters.